The zero-order valence-electron chi connectivity index (χ0n) is 18.3. The lowest BCUT2D eigenvalue weighted by Gasteiger charge is -2.09. The minimum absolute atomic E-state index is 0.141. The molecule has 0 atom stereocenters. The highest BCUT2D eigenvalue weighted by Crippen LogP contribution is 2.30. The molecule has 0 aliphatic carbocycles. The van der Waals surface area contributed by atoms with Gasteiger partial charge in [0, 0.05) is 5.02 Å². The van der Waals surface area contributed by atoms with Crippen molar-refractivity contribution in [2.75, 3.05) is 0 Å². The summed E-state index contributed by atoms with van der Waals surface area (Å²) in [5.41, 5.74) is 0.918. The second kappa shape index (κ2) is 17.0. The van der Waals surface area contributed by atoms with Crippen LogP contribution in [0.25, 0.3) is 0 Å². The van der Waals surface area contributed by atoms with E-state index < -0.39 is 5.97 Å². The van der Waals surface area contributed by atoms with E-state index in [1.807, 2.05) is 0 Å². The van der Waals surface area contributed by atoms with Crippen molar-refractivity contribution in [1.29, 1.82) is 0 Å². The fourth-order valence-corrected chi connectivity index (χ4v) is 4.48. The van der Waals surface area contributed by atoms with Gasteiger partial charge in [0.1, 0.15) is 0 Å². The van der Waals surface area contributed by atoms with Crippen molar-refractivity contribution in [2.24, 2.45) is 0 Å². The number of carbonyl (C=O) groups is 1. The maximum absolute atomic E-state index is 11.2. The standard InChI is InChI=1S/C25H40Cl2O2/c1-2-3-4-5-6-7-8-9-10-11-12-13-14-15-16-17-18-21-23(26)20-19-22(24(21)27)25(28)29/h19-20H,2-18H2,1H3,(H,28,29). The van der Waals surface area contributed by atoms with Crippen LogP contribution in [0.4, 0.5) is 0 Å². The Labute approximate surface area is 188 Å². The van der Waals surface area contributed by atoms with Gasteiger partial charge in [-0.1, -0.05) is 126 Å². The second-order valence-electron chi connectivity index (χ2n) is 8.25. The van der Waals surface area contributed by atoms with Gasteiger partial charge in [-0.15, -0.1) is 0 Å². The third kappa shape index (κ3) is 11.9. The Hall–Kier alpha value is -0.730. The second-order valence-corrected chi connectivity index (χ2v) is 9.03. The summed E-state index contributed by atoms with van der Waals surface area (Å²) in [4.78, 5) is 11.2. The Morgan fingerprint density at radius 1 is 0.724 bits per heavy atom. The van der Waals surface area contributed by atoms with Crippen LogP contribution in [0.3, 0.4) is 0 Å². The van der Waals surface area contributed by atoms with Crippen molar-refractivity contribution in [3.8, 4) is 0 Å². The van der Waals surface area contributed by atoms with Crippen LogP contribution in [-0.4, -0.2) is 11.1 Å². The fourth-order valence-electron chi connectivity index (χ4n) is 3.84. The molecule has 0 amide bonds. The number of carboxylic acids is 1. The van der Waals surface area contributed by atoms with Crippen LogP contribution in [0.15, 0.2) is 12.1 Å². The monoisotopic (exact) mass is 442 g/mol. The summed E-state index contributed by atoms with van der Waals surface area (Å²) in [6, 6.07) is 3.11. The first kappa shape index (κ1) is 26.3. The number of carboxylic acid groups (broad SMARTS) is 1. The summed E-state index contributed by atoms with van der Waals surface area (Å²) in [7, 11) is 0. The first-order valence-corrected chi connectivity index (χ1v) is 12.5. The van der Waals surface area contributed by atoms with E-state index in [2.05, 4.69) is 6.92 Å². The van der Waals surface area contributed by atoms with Crippen LogP contribution in [0.2, 0.25) is 10.0 Å². The van der Waals surface area contributed by atoms with Crippen molar-refractivity contribution in [3.05, 3.63) is 33.3 Å². The van der Waals surface area contributed by atoms with Crippen LogP contribution >= 0.6 is 23.2 Å². The largest absolute Gasteiger partial charge is 0.478 e. The van der Waals surface area contributed by atoms with E-state index in [9.17, 15) is 4.79 Å². The van der Waals surface area contributed by atoms with E-state index in [0.717, 1.165) is 24.8 Å². The molecule has 0 unspecified atom stereocenters. The Balaban J connectivity index is 1.97. The summed E-state index contributed by atoms with van der Waals surface area (Å²) < 4.78 is 0. The van der Waals surface area contributed by atoms with Gasteiger partial charge in [0.2, 0.25) is 0 Å². The van der Waals surface area contributed by atoms with Gasteiger partial charge in [-0.25, -0.2) is 4.79 Å². The van der Waals surface area contributed by atoms with Gasteiger partial charge in [0.05, 0.1) is 10.6 Å². The molecular weight excluding hydrogens is 403 g/mol. The zero-order chi connectivity index (χ0) is 21.3. The molecule has 0 heterocycles. The fraction of sp³-hybridized carbons (Fsp3) is 0.720. The molecule has 1 aromatic rings. The van der Waals surface area contributed by atoms with Gasteiger partial charge in [-0.05, 0) is 30.5 Å². The van der Waals surface area contributed by atoms with Crippen LogP contribution in [0, 0.1) is 0 Å². The summed E-state index contributed by atoms with van der Waals surface area (Å²) >= 11 is 12.4. The smallest absolute Gasteiger partial charge is 0.337 e. The Morgan fingerprint density at radius 3 is 1.55 bits per heavy atom. The predicted octanol–water partition coefficient (Wildman–Crippen LogP) is 9.50. The highest BCUT2D eigenvalue weighted by Gasteiger charge is 2.14. The summed E-state index contributed by atoms with van der Waals surface area (Å²) in [5, 5.41) is 10.0. The molecule has 0 aromatic heterocycles. The molecule has 1 aromatic carbocycles. The quantitative estimate of drug-likeness (QED) is 0.229. The minimum Gasteiger partial charge on any atom is -0.478 e. The summed E-state index contributed by atoms with van der Waals surface area (Å²) in [6.07, 6.45) is 22.1. The highest BCUT2D eigenvalue weighted by atomic mass is 35.5. The van der Waals surface area contributed by atoms with E-state index in [-0.39, 0.29) is 5.56 Å². The first-order valence-electron chi connectivity index (χ1n) is 11.8. The van der Waals surface area contributed by atoms with Crippen molar-refractivity contribution < 1.29 is 9.90 Å². The van der Waals surface area contributed by atoms with Gasteiger partial charge in [0.15, 0.2) is 0 Å². The van der Waals surface area contributed by atoms with E-state index in [1.54, 1.807) is 6.07 Å². The molecule has 0 aliphatic rings. The molecule has 0 spiro atoms. The molecule has 0 saturated heterocycles. The number of aromatic carboxylic acids is 1. The van der Waals surface area contributed by atoms with E-state index in [1.165, 1.54) is 96.0 Å². The van der Waals surface area contributed by atoms with Crippen molar-refractivity contribution in [2.45, 2.75) is 116 Å². The average Bonchev–Trinajstić information content (AvgIpc) is 2.69. The lowest BCUT2D eigenvalue weighted by Crippen LogP contribution is -2.01. The number of halogens is 2. The van der Waals surface area contributed by atoms with Crippen molar-refractivity contribution in [1.82, 2.24) is 0 Å². The molecule has 1 rings (SSSR count). The third-order valence-electron chi connectivity index (χ3n) is 5.70. The average molecular weight is 443 g/mol. The normalized spacial score (nSPS) is 11.1. The topological polar surface area (TPSA) is 37.3 Å². The van der Waals surface area contributed by atoms with Gasteiger partial charge in [0.25, 0.3) is 0 Å². The lowest BCUT2D eigenvalue weighted by molar-refractivity contribution is 0.0697. The van der Waals surface area contributed by atoms with Gasteiger partial charge < -0.3 is 5.11 Å². The minimum atomic E-state index is -1.00. The van der Waals surface area contributed by atoms with Crippen molar-refractivity contribution >= 4 is 29.2 Å². The molecular formula is C25H40Cl2O2. The zero-order valence-corrected chi connectivity index (χ0v) is 19.8. The number of rotatable bonds is 18. The van der Waals surface area contributed by atoms with Gasteiger partial charge in [-0.2, -0.15) is 0 Å². The van der Waals surface area contributed by atoms with E-state index >= 15 is 0 Å². The van der Waals surface area contributed by atoms with Gasteiger partial charge >= 0.3 is 5.97 Å². The third-order valence-corrected chi connectivity index (χ3v) is 6.48. The van der Waals surface area contributed by atoms with Crippen LogP contribution in [0.1, 0.15) is 126 Å². The first-order chi connectivity index (χ1) is 14.1. The van der Waals surface area contributed by atoms with Crippen LogP contribution in [0.5, 0.6) is 0 Å². The van der Waals surface area contributed by atoms with E-state index in [0.29, 0.717) is 10.0 Å². The predicted molar refractivity (Wildman–Crippen MR) is 127 cm³/mol. The molecule has 2 nitrogen and oxygen atoms in total. The molecule has 0 fully saturated rings. The maximum Gasteiger partial charge on any atom is 0.337 e. The van der Waals surface area contributed by atoms with Gasteiger partial charge in [-0.3, -0.25) is 0 Å². The number of hydrogen-bond donors (Lipinski definition) is 1. The molecule has 0 radical (unpaired) electrons. The van der Waals surface area contributed by atoms with E-state index in [4.69, 9.17) is 28.3 Å². The molecule has 0 saturated carbocycles. The van der Waals surface area contributed by atoms with Crippen LogP contribution in [-0.2, 0) is 6.42 Å². The Bertz CT molecular complexity index is 572. The number of unbranched alkanes of at least 4 members (excludes halogenated alkanes) is 15. The summed E-state index contributed by atoms with van der Waals surface area (Å²) in [6.45, 7) is 2.27. The molecule has 4 heteroatoms. The van der Waals surface area contributed by atoms with Crippen LogP contribution < -0.4 is 0 Å². The Morgan fingerprint density at radius 2 is 1.14 bits per heavy atom. The highest BCUT2D eigenvalue weighted by molar-refractivity contribution is 6.37. The van der Waals surface area contributed by atoms with Crippen molar-refractivity contribution in [3.63, 3.8) is 0 Å². The molecule has 1 N–H and O–H groups in total. The summed E-state index contributed by atoms with van der Waals surface area (Å²) in [5.74, 6) is -1.00. The number of benzene rings is 1. The molecule has 0 bridgehead atoms. The SMILES string of the molecule is CCCCCCCCCCCCCCCCCCc1c(Cl)ccc(C(=O)O)c1Cl. The molecule has 0 aliphatic heterocycles. The lowest BCUT2D eigenvalue weighted by atomic mass is 10.0. The Kier molecular flexibility index (Phi) is 15.4. The number of hydrogen-bond acceptors (Lipinski definition) is 1. The molecule has 29 heavy (non-hydrogen) atoms. The molecule has 166 valence electrons. The maximum atomic E-state index is 11.2.